The van der Waals surface area contributed by atoms with Crippen LogP contribution in [0.5, 0.6) is 0 Å². The van der Waals surface area contributed by atoms with Gasteiger partial charge in [0.15, 0.2) is 0 Å². The Kier molecular flexibility index (Phi) is 2.76. The smallest absolute Gasteiger partial charge is 0.0312 e. The zero-order valence-electron chi connectivity index (χ0n) is 13.3. The topological polar surface area (TPSA) is 0 Å². The molecule has 0 atom stereocenters. The fourth-order valence-electron chi connectivity index (χ4n) is 3.86. The van der Waals surface area contributed by atoms with Crippen molar-refractivity contribution >= 4 is 33.4 Å². The molecule has 24 heavy (non-hydrogen) atoms. The maximum atomic E-state index is 3.98. The van der Waals surface area contributed by atoms with Gasteiger partial charge in [-0.1, -0.05) is 61.2 Å². The monoisotopic (exact) mass is 304 g/mol. The van der Waals surface area contributed by atoms with Crippen LogP contribution in [0.15, 0.2) is 73.3 Å². The number of benzene rings is 4. The van der Waals surface area contributed by atoms with Gasteiger partial charge < -0.3 is 0 Å². The van der Waals surface area contributed by atoms with Crippen molar-refractivity contribution in [2.75, 3.05) is 0 Å². The Labute approximate surface area is 140 Å². The van der Waals surface area contributed by atoms with E-state index < -0.39 is 0 Å². The fraction of sp³-hybridized carbons (Fsp3) is 0.0417. The number of fused-ring (bicyclic) bond motifs is 4. The minimum absolute atomic E-state index is 0.972. The van der Waals surface area contributed by atoms with Gasteiger partial charge >= 0.3 is 0 Å². The minimum Gasteiger partial charge on any atom is -0.119 e. The second kappa shape index (κ2) is 4.96. The minimum atomic E-state index is 0.972. The van der Waals surface area contributed by atoms with Crippen LogP contribution in [-0.4, -0.2) is 0 Å². The molecule has 0 spiro atoms. The Morgan fingerprint density at radius 2 is 1.50 bits per heavy atom. The van der Waals surface area contributed by atoms with Gasteiger partial charge in [-0.25, -0.2) is 0 Å². The van der Waals surface area contributed by atoms with E-state index >= 15 is 0 Å². The van der Waals surface area contributed by atoms with Crippen LogP contribution in [0.4, 0.5) is 0 Å². The lowest BCUT2D eigenvalue weighted by Crippen LogP contribution is -2.31. The van der Waals surface area contributed by atoms with Gasteiger partial charge in [0.05, 0.1) is 0 Å². The van der Waals surface area contributed by atoms with Crippen molar-refractivity contribution < 1.29 is 0 Å². The van der Waals surface area contributed by atoms with Crippen molar-refractivity contribution in [3.8, 4) is 0 Å². The van der Waals surface area contributed by atoms with Gasteiger partial charge in [0.1, 0.15) is 0 Å². The molecule has 0 bridgehead atoms. The Morgan fingerprint density at radius 3 is 2.33 bits per heavy atom. The van der Waals surface area contributed by atoms with E-state index in [1.54, 1.807) is 0 Å². The Morgan fingerprint density at radius 1 is 0.750 bits per heavy atom. The Bertz CT molecular complexity index is 1270. The first-order valence-corrected chi connectivity index (χ1v) is 8.27. The van der Waals surface area contributed by atoms with Crippen molar-refractivity contribution in [1.29, 1.82) is 0 Å². The zero-order chi connectivity index (χ0) is 16.1. The van der Waals surface area contributed by atoms with Crippen molar-refractivity contribution in [2.24, 2.45) is 0 Å². The zero-order valence-corrected chi connectivity index (χ0v) is 13.3. The number of hydrogen-bond donors (Lipinski definition) is 0. The maximum absolute atomic E-state index is 3.98. The summed E-state index contributed by atoms with van der Waals surface area (Å²) in [7, 11) is 0. The third-order valence-corrected chi connectivity index (χ3v) is 5.04. The average molecular weight is 304 g/mol. The van der Waals surface area contributed by atoms with Crippen molar-refractivity contribution in [1.82, 2.24) is 0 Å². The van der Waals surface area contributed by atoms with Crippen LogP contribution >= 0.6 is 0 Å². The molecule has 0 aliphatic heterocycles. The molecule has 0 radical (unpaired) electrons. The first-order chi connectivity index (χ1) is 11.8. The number of rotatable bonds is 0. The van der Waals surface area contributed by atoms with E-state index in [0.717, 1.165) is 11.6 Å². The summed E-state index contributed by atoms with van der Waals surface area (Å²) in [6.45, 7) is 3.98. The van der Waals surface area contributed by atoms with Gasteiger partial charge in [-0.2, -0.15) is 0 Å². The summed E-state index contributed by atoms with van der Waals surface area (Å²) in [6.07, 6.45) is 3.26. The summed E-state index contributed by atoms with van der Waals surface area (Å²) in [4.78, 5) is 0. The molecule has 112 valence electrons. The molecule has 0 amide bonds. The lowest BCUT2D eigenvalue weighted by atomic mass is 9.89. The molecule has 4 aromatic rings. The van der Waals surface area contributed by atoms with Crippen molar-refractivity contribution in [3.63, 3.8) is 0 Å². The van der Waals surface area contributed by atoms with Crippen LogP contribution in [0.3, 0.4) is 0 Å². The fourth-order valence-corrected chi connectivity index (χ4v) is 3.86. The van der Waals surface area contributed by atoms with Crippen molar-refractivity contribution in [3.05, 3.63) is 100 Å². The van der Waals surface area contributed by atoms with Gasteiger partial charge in [-0.05, 0) is 68.1 Å². The molecule has 0 heteroatoms. The molecule has 0 heterocycles. The van der Waals surface area contributed by atoms with Crippen LogP contribution in [0, 0.1) is 0 Å². The van der Waals surface area contributed by atoms with Crippen LogP contribution in [0.1, 0.15) is 16.7 Å². The normalized spacial score (nSPS) is 12.3. The van der Waals surface area contributed by atoms with E-state index in [1.807, 2.05) is 0 Å². The molecule has 0 aromatic heterocycles. The largest absolute Gasteiger partial charge is 0.119 e. The lowest BCUT2D eigenvalue weighted by Gasteiger charge is -2.15. The van der Waals surface area contributed by atoms with Crippen LogP contribution in [-0.2, 0) is 6.42 Å². The average Bonchev–Trinajstić information content (AvgIpc) is 2.63. The molecule has 0 saturated carbocycles. The Hall–Kier alpha value is -3.08. The molecule has 5 rings (SSSR count). The van der Waals surface area contributed by atoms with Gasteiger partial charge in [0, 0.05) is 5.22 Å². The molecule has 0 fully saturated rings. The second-order valence-electron chi connectivity index (χ2n) is 6.44. The summed E-state index contributed by atoms with van der Waals surface area (Å²) in [6, 6.07) is 24.0. The highest BCUT2D eigenvalue weighted by atomic mass is 14.2. The summed E-state index contributed by atoms with van der Waals surface area (Å²) >= 11 is 0. The second-order valence-corrected chi connectivity index (χ2v) is 6.44. The number of hydrogen-bond acceptors (Lipinski definition) is 0. The van der Waals surface area contributed by atoms with E-state index in [9.17, 15) is 0 Å². The van der Waals surface area contributed by atoms with Crippen LogP contribution in [0.2, 0.25) is 0 Å². The highest BCUT2D eigenvalue weighted by molar-refractivity contribution is 5.99. The Balaban J connectivity index is 1.98. The van der Waals surface area contributed by atoms with E-state index in [2.05, 4.69) is 85.1 Å². The first-order valence-electron chi connectivity index (χ1n) is 8.27. The van der Waals surface area contributed by atoms with E-state index in [4.69, 9.17) is 0 Å². The molecule has 0 unspecified atom stereocenters. The SMILES string of the molecule is C=C=c1c2c(cc3cc4ccccc4cc13)Cc1ccccc1C=2. The molecule has 4 aromatic carbocycles. The molecule has 0 N–H and O–H groups in total. The van der Waals surface area contributed by atoms with Crippen LogP contribution < -0.4 is 10.4 Å². The molecule has 1 aliphatic rings. The van der Waals surface area contributed by atoms with Crippen LogP contribution in [0.25, 0.3) is 33.4 Å². The molecular weight excluding hydrogens is 288 g/mol. The van der Waals surface area contributed by atoms with E-state index in [1.165, 1.54) is 43.5 Å². The highest BCUT2D eigenvalue weighted by Gasteiger charge is 2.12. The van der Waals surface area contributed by atoms with Gasteiger partial charge in [0.2, 0.25) is 0 Å². The first kappa shape index (κ1) is 13.4. The predicted molar refractivity (Wildman–Crippen MR) is 103 cm³/mol. The highest BCUT2D eigenvalue weighted by Crippen LogP contribution is 2.23. The van der Waals surface area contributed by atoms with Crippen molar-refractivity contribution in [2.45, 2.75) is 6.42 Å². The standard InChI is InChI=1S/C24H16/c1-2-22-23-14-18-9-5-3-7-16(18)11-20(23)13-21-12-17-8-4-6-10-19(17)15-24(21)22/h3-11,13-15H,1,12H2. The molecule has 0 saturated heterocycles. The summed E-state index contributed by atoms with van der Waals surface area (Å²) in [5.74, 6) is 0. The van der Waals surface area contributed by atoms with E-state index in [0.29, 0.717) is 0 Å². The maximum Gasteiger partial charge on any atom is 0.0312 e. The summed E-state index contributed by atoms with van der Waals surface area (Å²) < 4.78 is 0. The third kappa shape index (κ3) is 1.88. The summed E-state index contributed by atoms with van der Waals surface area (Å²) in [5.41, 5.74) is 7.27. The quantitative estimate of drug-likeness (QED) is 0.374. The lowest BCUT2D eigenvalue weighted by molar-refractivity contribution is 1.14. The van der Waals surface area contributed by atoms with Gasteiger partial charge in [-0.3, -0.25) is 0 Å². The van der Waals surface area contributed by atoms with Gasteiger partial charge in [0.25, 0.3) is 0 Å². The molecule has 1 aliphatic carbocycles. The van der Waals surface area contributed by atoms with E-state index in [-0.39, 0.29) is 0 Å². The predicted octanol–water partition coefficient (Wildman–Crippen LogP) is 4.29. The molecule has 0 nitrogen and oxygen atoms in total. The third-order valence-electron chi connectivity index (χ3n) is 5.04. The summed E-state index contributed by atoms with van der Waals surface area (Å²) in [5, 5.41) is 7.44. The molecular formula is C24H16. The van der Waals surface area contributed by atoms with Gasteiger partial charge in [-0.15, -0.1) is 5.73 Å².